The van der Waals surface area contributed by atoms with E-state index in [-0.39, 0.29) is 5.91 Å². The Morgan fingerprint density at radius 2 is 2.11 bits per heavy atom. The summed E-state index contributed by atoms with van der Waals surface area (Å²) in [5.74, 6) is -0.0552. The highest BCUT2D eigenvalue weighted by molar-refractivity contribution is 5.88. The summed E-state index contributed by atoms with van der Waals surface area (Å²) in [7, 11) is 0. The van der Waals surface area contributed by atoms with E-state index in [1.165, 1.54) is 5.57 Å². The van der Waals surface area contributed by atoms with E-state index in [9.17, 15) is 4.79 Å². The zero-order chi connectivity index (χ0) is 14.1. The molecule has 0 saturated carbocycles. The Bertz CT molecular complexity index is 457. The third-order valence-corrected chi connectivity index (χ3v) is 2.64. The zero-order valence-electron chi connectivity index (χ0n) is 11.9. The van der Waals surface area contributed by atoms with Gasteiger partial charge in [-0.05, 0) is 45.7 Å². The van der Waals surface area contributed by atoms with Gasteiger partial charge in [-0.2, -0.15) is 0 Å². The molecule has 0 radical (unpaired) electrons. The molecule has 3 heteroatoms. The van der Waals surface area contributed by atoms with Crippen molar-refractivity contribution in [2.45, 2.75) is 40.2 Å². The van der Waals surface area contributed by atoms with Crippen LogP contribution in [-0.2, 0) is 11.3 Å². The van der Waals surface area contributed by atoms with Gasteiger partial charge in [0.25, 0.3) is 0 Å². The van der Waals surface area contributed by atoms with Gasteiger partial charge in [-0.25, -0.2) is 0 Å². The Balaban J connectivity index is 2.35. The fourth-order valence-electron chi connectivity index (χ4n) is 1.62. The van der Waals surface area contributed by atoms with Gasteiger partial charge in [0.2, 0.25) is 5.91 Å². The highest BCUT2D eigenvalue weighted by atomic mass is 16.1. The third kappa shape index (κ3) is 7.19. The van der Waals surface area contributed by atoms with Crippen LogP contribution in [0, 0.1) is 0 Å². The molecule has 19 heavy (non-hydrogen) atoms. The highest BCUT2D eigenvalue weighted by Crippen LogP contribution is 2.06. The Kier molecular flexibility index (Phi) is 6.58. The van der Waals surface area contributed by atoms with E-state index in [1.807, 2.05) is 25.1 Å². The molecule has 0 bridgehead atoms. The molecule has 0 aliphatic heterocycles. The number of amides is 1. The van der Waals surface area contributed by atoms with Gasteiger partial charge in [-0.3, -0.25) is 9.78 Å². The average Bonchev–Trinajstić information content (AvgIpc) is 2.37. The summed E-state index contributed by atoms with van der Waals surface area (Å²) in [4.78, 5) is 15.8. The van der Waals surface area contributed by atoms with Crippen LogP contribution in [0.5, 0.6) is 0 Å². The number of rotatable bonds is 6. The van der Waals surface area contributed by atoms with Crippen LogP contribution in [0.1, 0.15) is 39.3 Å². The number of allylic oxidation sites excluding steroid dienone is 3. The molecule has 0 aliphatic rings. The van der Waals surface area contributed by atoms with E-state index in [0.717, 1.165) is 24.1 Å². The summed E-state index contributed by atoms with van der Waals surface area (Å²) in [6.07, 6.45) is 7.48. The van der Waals surface area contributed by atoms with E-state index in [0.29, 0.717) is 6.54 Å². The molecule has 0 aliphatic carbocycles. The molecule has 1 heterocycles. The number of nitrogens with zero attached hydrogens (tertiary/aromatic N) is 1. The summed E-state index contributed by atoms with van der Waals surface area (Å²) in [5, 5.41) is 2.84. The molecule has 0 fully saturated rings. The van der Waals surface area contributed by atoms with Crippen molar-refractivity contribution in [3.05, 3.63) is 53.4 Å². The number of hydrogen-bond donors (Lipinski definition) is 1. The lowest BCUT2D eigenvalue weighted by atomic mass is 10.1. The van der Waals surface area contributed by atoms with Crippen molar-refractivity contribution < 1.29 is 4.79 Å². The Morgan fingerprint density at radius 3 is 2.74 bits per heavy atom. The fraction of sp³-hybridized carbons (Fsp3) is 0.375. The summed E-state index contributed by atoms with van der Waals surface area (Å²) in [6.45, 7) is 6.62. The smallest absolute Gasteiger partial charge is 0.244 e. The number of carbonyl (C=O) groups excluding carboxylic acids is 1. The largest absolute Gasteiger partial charge is 0.347 e. The molecular formula is C16H22N2O. The molecule has 102 valence electrons. The lowest BCUT2D eigenvalue weighted by Crippen LogP contribution is -2.21. The van der Waals surface area contributed by atoms with Crippen LogP contribution < -0.4 is 5.32 Å². The second-order valence-electron chi connectivity index (χ2n) is 4.85. The van der Waals surface area contributed by atoms with Gasteiger partial charge in [-0.1, -0.05) is 23.3 Å². The van der Waals surface area contributed by atoms with E-state index in [2.05, 4.69) is 30.2 Å². The Hall–Kier alpha value is -1.90. The molecule has 1 amide bonds. The van der Waals surface area contributed by atoms with E-state index in [4.69, 9.17) is 0 Å². The second-order valence-corrected chi connectivity index (χ2v) is 4.85. The van der Waals surface area contributed by atoms with Crippen LogP contribution in [0.4, 0.5) is 0 Å². The van der Waals surface area contributed by atoms with Gasteiger partial charge < -0.3 is 5.32 Å². The van der Waals surface area contributed by atoms with Crippen molar-refractivity contribution in [3.63, 3.8) is 0 Å². The Morgan fingerprint density at radius 1 is 1.32 bits per heavy atom. The predicted octanol–water partition coefficient (Wildman–Crippen LogP) is 3.39. The summed E-state index contributed by atoms with van der Waals surface area (Å²) < 4.78 is 0. The molecular weight excluding hydrogens is 236 g/mol. The van der Waals surface area contributed by atoms with E-state index >= 15 is 0 Å². The van der Waals surface area contributed by atoms with E-state index < -0.39 is 0 Å². The Labute approximate surface area is 115 Å². The molecule has 0 aromatic carbocycles. The molecule has 0 saturated heterocycles. The number of carbonyl (C=O) groups is 1. The summed E-state index contributed by atoms with van der Waals surface area (Å²) in [5.41, 5.74) is 3.27. The van der Waals surface area contributed by atoms with Gasteiger partial charge in [0, 0.05) is 12.3 Å². The third-order valence-electron chi connectivity index (χ3n) is 2.64. The molecule has 1 N–H and O–H groups in total. The molecule has 3 nitrogen and oxygen atoms in total. The lowest BCUT2D eigenvalue weighted by Gasteiger charge is -2.03. The first-order chi connectivity index (χ1) is 9.08. The van der Waals surface area contributed by atoms with E-state index in [1.54, 1.807) is 12.3 Å². The average molecular weight is 258 g/mol. The topological polar surface area (TPSA) is 42.0 Å². The van der Waals surface area contributed by atoms with Crippen LogP contribution in [0.2, 0.25) is 0 Å². The molecule has 0 spiro atoms. The maximum atomic E-state index is 11.7. The minimum Gasteiger partial charge on any atom is -0.347 e. The van der Waals surface area contributed by atoms with Crippen LogP contribution >= 0.6 is 0 Å². The molecule has 0 atom stereocenters. The minimum atomic E-state index is -0.0552. The van der Waals surface area contributed by atoms with Crippen molar-refractivity contribution >= 4 is 5.91 Å². The lowest BCUT2D eigenvalue weighted by molar-refractivity contribution is -0.116. The normalized spacial score (nSPS) is 11.0. The molecule has 1 rings (SSSR count). The first-order valence-corrected chi connectivity index (χ1v) is 6.56. The van der Waals surface area contributed by atoms with Gasteiger partial charge in [0.05, 0.1) is 12.2 Å². The summed E-state index contributed by atoms with van der Waals surface area (Å²) in [6, 6.07) is 5.67. The maximum absolute atomic E-state index is 11.7. The maximum Gasteiger partial charge on any atom is 0.244 e. The molecule has 1 aromatic heterocycles. The first-order valence-electron chi connectivity index (χ1n) is 6.56. The van der Waals surface area contributed by atoms with Gasteiger partial charge >= 0.3 is 0 Å². The minimum absolute atomic E-state index is 0.0552. The second kappa shape index (κ2) is 8.25. The number of nitrogens with one attached hydrogen (secondary N) is 1. The quantitative estimate of drug-likeness (QED) is 0.627. The van der Waals surface area contributed by atoms with Crippen molar-refractivity contribution in [1.82, 2.24) is 10.3 Å². The number of aromatic nitrogens is 1. The van der Waals surface area contributed by atoms with Gasteiger partial charge in [-0.15, -0.1) is 0 Å². The van der Waals surface area contributed by atoms with Crippen LogP contribution in [0.3, 0.4) is 0 Å². The van der Waals surface area contributed by atoms with Crippen LogP contribution in [0.15, 0.2) is 47.7 Å². The summed E-state index contributed by atoms with van der Waals surface area (Å²) >= 11 is 0. The van der Waals surface area contributed by atoms with Crippen LogP contribution in [0.25, 0.3) is 0 Å². The monoisotopic (exact) mass is 258 g/mol. The number of pyridine rings is 1. The van der Waals surface area contributed by atoms with Crippen LogP contribution in [-0.4, -0.2) is 10.9 Å². The number of hydrogen-bond acceptors (Lipinski definition) is 2. The SMILES string of the molecule is CC(C)=CCC/C(C)=C/C(=O)NCc1ccccn1. The predicted molar refractivity (Wildman–Crippen MR) is 78.5 cm³/mol. The van der Waals surface area contributed by atoms with Gasteiger partial charge in [0.1, 0.15) is 0 Å². The first kappa shape index (κ1) is 15.2. The van der Waals surface area contributed by atoms with Crippen molar-refractivity contribution in [3.8, 4) is 0 Å². The van der Waals surface area contributed by atoms with Gasteiger partial charge in [0.15, 0.2) is 0 Å². The van der Waals surface area contributed by atoms with Crippen molar-refractivity contribution in [2.24, 2.45) is 0 Å². The standard InChI is InChI=1S/C16H22N2O/c1-13(2)7-6-8-14(3)11-16(19)18-12-15-9-4-5-10-17-15/h4-5,7,9-11H,6,8,12H2,1-3H3,(H,18,19)/b14-11+. The zero-order valence-corrected chi connectivity index (χ0v) is 11.9. The van der Waals surface area contributed by atoms with Crippen molar-refractivity contribution in [2.75, 3.05) is 0 Å². The molecule has 0 unspecified atom stereocenters. The highest BCUT2D eigenvalue weighted by Gasteiger charge is 1.99. The van der Waals surface area contributed by atoms with Crippen molar-refractivity contribution in [1.29, 1.82) is 0 Å². The molecule has 1 aromatic rings. The fourth-order valence-corrected chi connectivity index (χ4v) is 1.62.